The molecule has 13 heavy (non-hydrogen) atoms. The van der Waals surface area contributed by atoms with Crippen molar-refractivity contribution in [2.75, 3.05) is 0 Å². The Hall–Kier alpha value is 1.10. The van der Waals surface area contributed by atoms with Crippen molar-refractivity contribution in [3.63, 3.8) is 0 Å². The first-order chi connectivity index (χ1) is 5.38. The minimum Gasteiger partial charge on any atom is -0.320 e. The Kier molecular flexibility index (Phi) is 9.41. The predicted molar refractivity (Wildman–Crippen MR) is 57.1 cm³/mol. The predicted octanol–water partition coefficient (Wildman–Crippen LogP) is 4.45. The second-order valence-corrected chi connectivity index (χ2v) is 5.22. The van der Waals surface area contributed by atoms with Crippen LogP contribution in [0.3, 0.4) is 0 Å². The molecule has 0 aromatic heterocycles. The molecule has 0 rings (SSSR count). The van der Waals surface area contributed by atoms with Crippen LogP contribution in [0, 0.1) is 17.3 Å². The standard InChI is InChI=1S/C12H25.Y/c1-7-11(12(4,5)6)9-8-10(2)3;/h11H,7-9H2,1-6H3;/q-1;. The van der Waals surface area contributed by atoms with E-state index in [0.717, 1.165) is 5.92 Å². The van der Waals surface area contributed by atoms with Gasteiger partial charge in [0.05, 0.1) is 0 Å². The van der Waals surface area contributed by atoms with E-state index in [4.69, 9.17) is 0 Å². The summed E-state index contributed by atoms with van der Waals surface area (Å²) in [5.74, 6) is 2.45. The Morgan fingerprint density at radius 1 is 1.15 bits per heavy atom. The molecule has 1 unspecified atom stereocenters. The fraction of sp³-hybridized carbons (Fsp3) is 0.917. The average Bonchev–Trinajstić information content (AvgIpc) is 1.85. The third kappa shape index (κ3) is 8.12. The van der Waals surface area contributed by atoms with Gasteiger partial charge in [0, 0.05) is 32.7 Å². The van der Waals surface area contributed by atoms with E-state index in [1.165, 1.54) is 19.3 Å². The smallest absolute Gasteiger partial charge is 0 e. The van der Waals surface area contributed by atoms with Crippen molar-refractivity contribution in [2.45, 2.75) is 60.8 Å². The van der Waals surface area contributed by atoms with Crippen molar-refractivity contribution in [1.82, 2.24) is 0 Å². The maximum atomic E-state index is 2.35. The Morgan fingerprint density at radius 2 is 1.62 bits per heavy atom. The number of hydrogen-bond donors (Lipinski definition) is 0. The van der Waals surface area contributed by atoms with E-state index in [1.54, 1.807) is 5.92 Å². The first-order valence-corrected chi connectivity index (χ1v) is 5.17. The van der Waals surface area contributed by atoms with Crippen molar-refractivity contribution >= 4 is 0 Å². The number of hydrogen-bond acceptors (Lipinski definition) is 0. The Bertz CT molecular complexity index is 111. The molecule has 0 aliphatic heterocycles. The van der Waals surface area contributed by atoms with E-state index in [-0.39, 0.29) is 32.7 Å². The summed E-state index contributed by atoms with van der Waals surface area (Å²) in [7, 11) is 0. The van der Waals surface area contributed by atoms with Crippen LogP contribution >= 0.6 is 0 Å². The van der Waals surface area contributed by atoms with Crippen LogP contribution in [0.2, 0.25) is 0 Å². The molecule has 0 N–H and O–H groups in total. The summed E-state index contributed by atoms with van der Waals surface area (Å²) in [6.45, 7) is 13.8. The van der Waals surface area contributed by atoms with Crippen molar-refractivity contribution in [1.29, 1.82) is 0 Å². The first kappa shape index (κ1) is 16.5. The fourth-order valence-electron chi connectivity index (χ4n) is 1.71. The molecule has 0 aromatic rings. The van der Waals surface area contributed by atoms with Crippen LogP contribution in [0.15, 0.2) is 0 Å². The summed E-state index contributed by atoms with van der Waals surface area (Å²) in [6, 6.07) is 0. The molecule has 0 amide bonds. The van der Waals surface area contributed by atoms with Gasteiger partial charge >= 0.3 is 0 Å². The topological polar surface area (TPSA) is 0 Å². The van der Waals surface area contributed by atoms with E-state index in [0.29, 0.717) is 5.41 Å². The van der Waals surface area contributed by atoms with Gasteiger partial charge in [-0.3, -0.25) is 0 Å². The van der Waals surface area contributed by atoms with Gasteiger partial charge in [-0.05, 0) is 11.3 Å². The monoisotopic (exact) mass is 258 g/mol. The number of rotatable bonds is 4. The summed E-state index contributed by atoms with van der Waals surface area (Å²) in [6.07, 6.45) is 3.98. The SMILES string of the molecule is CCC(CC[C-](C)C)C(C)(C)C.[Y]. The third-order valence-electron chi connectivity index (χ3n) is 2.71. The van der Waals surface area contributed by atoms with Gasteiger partial charge in [0.2, 0.25) is 0 Å². The zero-order valence-corrected chi connectivity index (χ0v) is 13.1. The van der Waals surface area contributed by atoms with E-state index in [2.05, 4.69) is 41.5 Å². The molecule has 0 fully saturated rings. The maximum Gasteiger partial charge on any atom is 0 e. The zero-order valence-electron chi connectivity index (χ0n) is 10.3. The van der Waals surface area contributed by atoms with Crippen LogP contribution < -0.4 is 0 Å². The van der Waals surface area contributed by atoms with Crippen LogP contribution in [-0.2, 0) is 32.7 Å². The van der Waals surface area contributed by atoms with Crippen molar-refractivity contribution < 1.29 is 32.7 Å². The second kappa shape index (κ2) is 7.40. The van der Waals surface area contributed by atoms with Crippen molar-refractivity contribution in [3.8, 4) is 0 Å². The molecule has 0 saturated carbocycles. The Balaban J connectivity index is 0. The van der Waals surface area contributed by atoms with E-state index in [1.807, 2.05) is 0 Å². The molecule has 77 valence electrons. The summed E-state index contributed by atoms with van der Waals surface area (Å²) >= 11 is 0. The van der Waals surface area contributed by atoms with Gasteiger partial charge in [-0.2, -0.15) is 20.3 Å². The Labute approximate surface area is 110 Å². The van der Waals surface area contributed by atoms with E-state index < -0.39 is 0 Å². The molecule has 1 radical (unpaired) electrons. The molecule has 0 aromatic carbocycles. The molecular formula is C12H25Y-. The van der Waals surface area contributed by atoms with Crippen molar-refractivity contribution in [3.05, 3.63) is 5.92 Å². The third-order valence-corrected chi connectivity index (χ3v) is 2.71. The summed E-state index contributed by atoms with van der Waals surface area (Å²) < 4.78 is 0. The molecular weight excluding hydrogens is 233 g/mol. The Morgan fingerprint density at radius 3 is 1.85 bits per heavy atom. The van der Waals surface area contributed by atoms with Crippen LogP contribution in [0.25, 0.3) is 0 Å². The minimum absolute atomic E-state index is 0. The average molecular weight is 258 g/mol. The molecule has 0 heterocycles. The van der Waals surface area contributed by atoms with E-state index >= 15 is 0 Å². The fourth-order valence-corrected chi connectivity index (χ4v) is 1.71. The normalized spacial score (nSPS) is 14.1. The van der Waals surface area contributed by atoms with Gasteiger partial charge in [-0.15, -0.1) is 0 Å². The molecule has 1 atom stereocenters. The van der Waals surface area contributed by atoms with Crippen LogP contribution in [-0.4, -0.2) is 0 Å². The van der Waals surface area contributed by atoms with Crippen LogP contribution in [0.5, 0.6) is 0 Å². The quantitative estimate of drug-likeness (QED) is 0.653. The van der Waals surface area contributed by atoms with Gasteiger partial charge < -0.3 is 5.92 Å². The summed E-state index contributed by atoms with van der Waals surface area (Å²) in [5.41, 5.74) is 0.490. The molecule has 0 saturated heterocycles. The molecule has 0 bridgehead atoms. The largest absolute Gasteiger partial charge is 0.320 e. The maximum absolute atomic E-state index is 2.35. The molecule has 0 spiro atoms. The second-order valence-electron chi connectivity index (χ2n) is 5.22. The minimum atomic E-state index is 0. The molecule has 0 aliphatic carbocycles. The van der Waals surface area contributed by atoms with Crippen LogP contribution in [0.1, 0.15) is 60.8 Å². The first-order valence-electron chi connectivity index (χ1n) is 5.17. The van der Waals surface area contributed by atoms with Crippen LogP contribution in [0.4, 0.5) is 0 Å². The molecule has 0 aliphatic rings. The van der Waals surface area contributed by atoms with Gasteiger partial charge in [-0.25, -0.2) is 0 Å². The van der Waals surface area contributed by atoms with E-state index in [9.17, 15) is 0 Å². The summed E-state index contributed by atoms with van der Waals surface area (Å²) in [4.78, 5) is 0. The van der Waals surface area contributed by atoms with Gasteiger partial charge in [0.1, 0.15) is 0 Å². The van der Waals surface area contributed by atoms with Gasteiger partial charge in [0.25, 0.3) is 0 Å². The molecule has 1 heteroatoms. The summed E-state index contributed by atoms with van der Waals surface area (Å²) in [5, 5.41) is 0. The van der Waals surface area contributed by atoms with Gasteiger partial charge in [-0.1, -0.05) is 40.5 Å². The van der Waals surface area contributed by atoms with Gasteiger partial charge in [0.15, 0.2) is 0 Å². The zero-order chi connectivity index (χ0) is 9.78. The van der Waals surface area contributed by atoms with Crippen molar-refractivity contribution in [2.24, 2.45) is 11.3 Å². The molecule has 0 nitrogen and oxygen atoms in total.